The second-order valence-electron chi connectivity index (χ2n) is 5.31. The summed E-state index contributed by atoms with van der Waals surface area (Å²) >= 11 is 1.76. The molecule has 5 heteroatoms. The Kier molecular flexibility index (Phi) is 6.97. The van der Waals surface area contributed by atoms with Crippen molar-refractivity contribution in [3.8, 4) is 0 Å². The Labute approximate surface area is 141 Å². The lowest BCUT2D eigenvalue weighted by atomic mass is 10.1. The SMILES string of the molecule is CSCc1ccc(NC(=O)NCC(O)Cc2ccccc2)cc1. The average molecular weight is 330 g/mol. The summed E-state index contributed by atoms with van der Waals surface area (Å²) < 4.78 is 0. The largest absolute Gasteiger partial charge is 0.391 e. The third-order valence-corrected chi connectivity index (χ3v) is 3.96. The molecule has 0 saturated carbocycles. The number of carbonyl (C=O) groups excluding carboxylic acids is 1. The topological polar surface area (TPSA) is 61.4 Å². The second-order valence-corrected chi connectivity index (χ2v) is 6.17. The van der Waals surface area contributed by atoms with Crippen molar-refractivity contribution in [3.63, 3.8) is 0 Å². The van der Waals surface area contributed by atoms with E-state index in [1.807, 2.05) is 54.6 Å². The highest BCUT2D eigenvalue weighted by atomic mass is 32.2. The lowest BCUT2D eigenvalue weighted by Gasteiger charge is -2.13. The molecular weight excluding hydrogens is 308 g/mol. The number of urea groups is 1. The molecule has 0 fully saturated rings. The van der Waals surface area contributed by atoms with E-state index in [0.29, 0.717) is 6.42 Å². The minimum absolute atomic E-state index is 0.214. The van der Waals surface area contributed by atoms with Gasteiger partial charge in [0.2, 0.25) is 0 Å². The van der Waals surface area contributed by atoms with Crippen molar-refractivity contribution in [3.05, 3.63) is 65.7 Å². The number of hydrogen-bond acceptors (Lipinski definition) is 3. The fourth-order valence-corrected chi connectivity index (χ4v) is 2.72. The normalized spacial score (nSPS) is 11.7. The van der Waals surface area contributed by atoms with Crippen LogP contribution >= 0.6 is 11.8 Å². The molecule has 0 aliphatic heterocycles. The standard InChI is InChI=1S/C18H22N2O2S/c1-23-13-15-7-9-16(10-8-15)20-18(22)19-12-17(21)11-14-5-3-2-4-6-14/h2-10,17,21H,11-13H2,1H3,(H2,19,20,22). The van der Waals surface area contributed by atoms with E-state index in [1.165, 1.54) is 5.56 Å². The van der Waals surface area contributed by atoms with Gasteiger partial charge in [0.15, 0.2) is 0 Å². The maximum Gasteiger partial charge on any atom is 0.319 e. The number of aliphatic hydroxyl groups excluding tert-OH is 1. The molecule has 0 bridgehead atoms. The Hall–Kier alpha value is -1.98. The Bertz CT molecular complexity index is 602. The summed E-state index contributed by atoms with van der Waals surface area (Å²) in [5.74, 6) is 0.957. The van der Waals surface area contributed by atoms with Gasteiger partial charge >= 0.3 is 6.03 Å². The number of anilines is 1. The highest BCUT2D eigenvalue weighted by molar-refractivity contribution is 7.97. The first-order valence-corrected chi connectivity index (χ1v) is 8.91. The molecule has 2 amide bonds. The molecule has 23 heavy (non-hydrogen) atoms. The Morgan fingerprint density at radius 2 is 1.78 bits per heavy atom. The molecule has 2 aromatic rings. The highest BCUT2D eigenvalue weighted by Gasteiger charge is 2.08. The molecule has 3 N–H and O–H groups in total. The minimum Gasteiger partial charge on any atom is -0.391 e. The van der Waals surface area contributed by atoms with Crippen molar-refractivity contribution >= 4 is 23.5 Å². The van der Waals surface area contributed by atoms with E-state index in [1.54, 1.807) is 11.8 Å². The molecule has 1 atom stereocenters. The molecule has 4 nitrogen and oxygen atoms in total. The molecule has 0 heterocycles. The van der Waals surface area contributed by atoms with Gasteiger partial charge in [-0.15, -0.1) is 0 Å². The fraction of sp³-hybridized carbons (Fsp3) is 0.278. The van der Waals surface area contributed by atoms with Gasteiger partial charge in [0.1, 0.15) is 0 Å². The van der Waals surface area contributed by atoms with E-state index in [9.17, 15) is 9.90 Å². The summed E-state index contributed by atoms with van der Waals surface area (Å²) in [6.07, 6.45) is 1.97. The zero-order valence-corrected chi connectivity index (χ0v) is 14.0. The summed E-state index contributed by atoms with van der Waals surface area (Å²) in [6, 6.07) is 17.2. The molecule has 122 valence electrons. The zero-order chi connectivity index (χ0) is 16.5. The van der Waals surface area contributed by atoms with Crippen LogP contribution in [0.3, 0.4) is 0 Å². The molecular formula is C18H22N2O2S. The number of hydrogen-bond donors (Lipinski definition) is 3. The van der Waals surface area contributed by atoms with Gasteiger partial charge in [0, 0.05) is 24.4 Å². The van der Waals surface area contributed by atoms with Gasteiger partial charge in [0.05, 0.1) is 6.10 Å². The van der Waals surface area contributed by atoms with Crippen LogP contribution < -0.4 is 10.6 Å². The van der Waals surface area contributed by atoms with Crippen LogP contribution in [0.4, 0.5) is 10.5 Å². The van der Waals surface area contributed by atoms with Crippen LogP contribution in [-0.4, -0.2) is 30.0 Å². The molecule has 0 aromatic heterocycles. The first-order chi connectivity index (χ1) is 11.2. The maximum atomic E-state index is 11.8. The summed E-state index contributed by atoms with van der Waals surface area (Å²) in [5, 5.41) is 15.4. The van der Waals surface area contributed by atoms with Gasteiger partial charge in [-0.05, 0) is 29.5 Å². The Morgan fingerprint density at radius 3 is 2.43 bits per heavy atom. The number of carbonyl (C=O) groups is 1. The zero-order valence-electron chi connectivity index (χ0n) is 13.2. The number of rotatable bonds is 7. The molecule has 2 rings (SSSR count). The van der Waals surface area contributed by atoms with Gasteiger partial charge in [-0.1, -0.05) is 42.5 Å². The predicted molar refractivity (Wildman–Crippen MR) is 96.8 cm³/mol. The first-order valence-electron chi connectivity index (χ1n) is 7.52. The molecule has 2 aromatic carbocycles. The van der Waals surface area contributed by atoms with Crippen LogP contribution in [0.1, 0.15) is 11.1 Å². The number of nitrogens with one attached hydrogen (secondary N) is 2. The first kappa shape index (κ1) is 17.4. The predicted octanol–water partition coefficient (Wildman–Crippen LogP) is 3.27. The van der Waals surface area contributed by atoms with E-state index in [0.717, 1.165) is 17.0 Å². The number of amides is 2. The van der Waals surface area contributed by atoms with E-state index < -0.39 is 6.10 Å². The van der Waals surface area contributed by atoms with Crippen molar-refractivity contribution in [1.82, 2.24) is 5.32 Å². The lowest BCUT2D eigenvalue weighted by Crippen LogP contribution is -2.36. The molecule has 0 radical (unpaired) electrons. The lowest BCUT2D eigenvalue weighted by molar-refractivity contribution is 0.172. The van der Waals surface area contributed by atoms with Gasteiger partial charge in [-0.3, -0.25) is 0 Å². The molecule has 0 aliphatic carbocycles. The van der Waals surface area contributed by atoms with Crippen molar-refractivity contribution < 1.29 is 9.90 Å². The fourth-order valence-electron chi connectivity index (χ4n) is 2.20. The van der Waals surface area contributed by atoms with Crippen molar-refractivity contribution in [1.29, 1.82) is 0 Å². The second kappa shape index (κ2) is 9.22. The minimum atomic E-state index is -0.605. The van der Waals surface area contributed by atoms with Crippen LogP contribution in [0.2, 0.25) is 0 Å². The monoisotopic (exact) mass is 330 g/mol. The van der Waals surface area contributed by atoms with Crippen molar-refractivity contribution in [2.45, 2.75) is 18.3 Å². The van der Waals surface area contributed by atoms with Crippen LogP contribution in [0, 0.1) is 0 Å². The molecule has 0 aliphatic rings. The van der Waals surface area contributed by atoms with Crippen LogP contribution in [0.25, 0.3) is 0 Å². The quantitative estimate of drug-likeness (QED) is 0.730. The van der Waals surface area contributed by atoms with E-state index in [2.05, 4.69) is 16.9 Å². The number of benzene rings is 2. The van der Waals surface area contributed by atoms with Crippen molar-refractivity contribution in [2.24, 2.45) is 0 Å². The van der Waals surface area contributed by atoms with Crippen molar-refractivity contribution in [2.75, 3.05) is 18.1 Å². The Morgan fingerprint density at radius 1 is 1.09 bits per heavy atom. The smallest absolute Gasteiger partial charge is 0.319 e. The summed E-state index contributed by atoms with van der Waals surface area (Å²) in [6.45, 7) is 0.214. The number of aliphatic hydroxyl groups is 1. The Balaban J connectivity index is 1.74. The van der Waals surface area contributed by atoms with Crippen LogP contribution in [0.5, 0.6) is 0 Å². The molecule has 1 unspecified atom stereocenters. The average Bonchev–Trinajstić information content (AvgIpc) is 2.56. The van der Waals surface area contributed by atoms with Gasteiger partial charge in [0.25, 0.3) is 0 Å². The van der Waals surface area contributed by atoms with E-state index >= 15 is 0 Å². The van der Waals surface area contributed by atoms with Gasteiger partial charge < -0.3 is 15.7 Å². The third kappa shape index (κ3) is 6.34. The molecule has 0 saturated heterocycles. The van der Waals surface area contributed by atoms with E-state index in [4.69, 9.17) is 0 Å². The third-order valence-electron chi connectivity index (χ3n) is 3.34. The maximum absolute atomic E-state index is 11.8. The number of thioether (sulfide) groups is 1. The van der Waals surface area contributed by atoms with Gasteiger partial charge in [-0.2, -0.15) is 11.8 Å². The van der Waals surface area contributed by atoms with E-state index in [-0.39, 0.29) is 12.6 Å². The van der Waals surface area contributed by atoms with Crippen LogP contribution in [-0.2, 0) is 12.2 Å². The molecule has 0 spiro atoms. The van der Waals surface area contributed by atoms with Gasteiger partial charge in [-0.25, -0.2) is 4.79 Å². The van der Waals surface area contributed by atoms with Crippen LogP contribution in [0.15, 0.2) is 54.6 Å². The summed E-state index contributed by atoms with van der Waals surface area (Å²) in [4.78, 5) is 11.8. The highest BCUT2D eigenvalue weighted by Crippen LogP contribution is 2.13. The summed E-state index contributed by atoms with van der Waals surface area (Å²) in [7, 11) is 0. The summed E-state index contributed by atoms with van der Waals surface area (Å²) in [5.41, 5.74) is 3.01.